The Hall–Kier alpha value is -0.120. The first kappa shape index (κ1) is 12.0. The van der Waals surface area contributed by atoms with Crippen LogP contribution in [0.25, 0.3) is 0 Å². The molecule has 0 amide bonds. The second-order valence-corrected chi connectivity index (χ2v) is 5.58. The quantitative estimate of drug-likeness (QED) is 0.797. The molecule has 1 N–H and O–H groups in total. The van der Waals surface area contributed by atoms with Crippen molar-refractivity contribution in [1.82, 2.24) is 4.98 Å². The molecule has 0 aromatic carbocycles. The molecule has 1 heterocycles. The van der Waals surface area contributed by atoms with Gasteiger partial charge in [0.25, 0.3) is 0 Å². The zero-order valence-electron chi connectivity index (χ0n) is 8.38. The molecule has 78 valence electrons. The average molecular weight is 279 g/mol. The first-order valence-corrected chi connectivity index (χ1v) is 5.48. The van der Waals surface area contributed by atoms with Gasteiger partial charge in [-0.3, -0.25) is 0 Å². The van der Waals surface area contributed by atoms with E-state index in [9.17, 15) is 5.11 Å². The maximum atomic E-state index is 10.0. The number of aromatic nitrogens is 1. The van der Waals surface area contributed by atoms with Crippen molar-refractivity contribution < 1.29 is 5.11 Å². The molecule has 0 aliphatic rings. The highest BCUT2D eigenvalue weighted by molar-refractivity contribution is 9.10. The lowest BCUT2D eigenvalue weighted by Crippen LogP contribution is -2.18. The van der Waals surface area contributed by atoms with E-state index in [4.69, 9.17) is 11.6 Å². The first-order valence-electron chi connectivity index (χ1n) is 4.31. The summed E-state index contributed by atoms with van der Waals surface area (Å²) < 4.78 is 0.820. The van der Waals surface area contributed by atoms with Crippen molar-refractivity contribution in [2.24, 2.45) is 5.41 Å². The van der Waals surface area contributed by atoms with Crippen LogP contribution in [0.15, 0.2) is 16.7 Å². The van der Waals surface area contributed by atoms with Crippen LogP contribution >= 0.6 is 27.5 Å². The van der Waals surface area contributed by atoms with Crippen molar-refractivity contribution in [3.05, 3.63) is 27.5 Å². The van der Waals surface area contributed by atoms with Gasteiger partial charge in [-0.05, 0) is 27.4 Å². The minimum absolute atomic E-state index is 0.244. The Bertz CT molecular complexity index is 335. The van der Waals surface area contributed by atoms with Crippen LogP contribution in [-0.4, -0.2) is 10.1 Å². The van der Waals surface area contributed by atoms with Gasteiger partial charge in [0.15, 0.2) is 0 Å². The van der Waals surface area contributed by atoms with Gasteiger partial charge in [-0.1, -0.05) is 32.4 Å². The molecule has 14 heavy (non-hydrogen) atoms. The Morgan fingerprint density at radius 1 is 1.50 bits per heavy atom. The van der Waals surface area contributed by atoms with Gasteiger partial charge in [-0.25, -0.2) is 4.98 Å². The Labute approximate surface area is 97.4 Å². The molecule has 1 unspecified atom stereocenters. The number of nitrogens with zero attached hydrogens (tertiary/aromatic N) is 1. The van der Waals surface area contributed by atoms with Gasteiger partial charge in [0.2, 0.25) is 0 Å². The van der Waals surface area contributed by atoms with Crippen molar-refractivity contribution in [2.75, 3.05) is 0 Å². The van der Waals surface area contributed by atoms with Crippen LogP contribution in [0, 0.1) is 5.41 Å². The Morgan fingerprint density at radius 2 is 2.07 bits per heavy atom. The normalized spacial score (nSPS) is 14.1. The van der Waals surface area contributed by atoms with E-state index >= 15 is 0 Å². The van der Waals surface area contributed by atoms with Crippen LogP contribution in [0.3, 0.4) is 0 Å². The Morgan fingerprint density at radius 3 is 2.57 bits per heavy atom. The number of hydrogen-bond acceptors (Lipinski definition) is 2. The summed E-state index contributed by atoms with van der Waals surface area (Å²) in [7, 11) is 0. The number of hydrogen-bond donors (Lipinski definition) is 1. The lowest BCUT2D eigenvalue weighted by atomic mass is 9.85. The van der Waals surface area contributed by atoms with E-state index in [2.05, 4.69) is 20.9 Å². The van der Waals surface area contributed by atoms with Gasteiger partial charge in [0.05, 0.1) is 6.10 Å². The fourth-order valence-electron chi connectivity index (χ4n) is 1.10. The Kier molecular flexibility index (Phi) is 3.56. The SMILES string of the molecule is CC(C)(C)C(O)c1cc(Br)cnc1Cl. The molecule has 1 aromatic rings. The summed E-state index contributed by atoms with van der Waals surface area (Å²) in [6, 6.07) is 1.80. The number of aliphatic hydroxyl groups is 1. The summed E-state index contributed by atoms with van der Waals surface area (Å²) in [4.78, 5) is 3.97. The highest BCUT2D eigenvalue weighted by atomic mass is 79.9. The molecule has 2 nitrogen and oxygen atoms in total. The predicted molar refractivity (Wildman–Crippen MR) is 61.4 cm³/mol. The lowest BCUT2D eigenvalue weighted by molar-refractivity contribution is 0.0624. The molecule has 0 fully saturated rings. The van der Waals surface area contributed by atoms with Crippen molar-refractivity contribution in [2.45, 2.75) is 26.9 Å². The van der Waals surface area contributed by atoms with Crippen LogP contribution in [-0.2, 0) is 0 Å². The summed E-state index contributed by atoms with van der Waals surface area (Å²) in [6.45, 7) is 5.86. The highest BCUT2D eigenvalue weighted by Crippen LogP contribution is 2.36. The van der Waals surface area contributed by atoms with E-state index in [1.807, 2.05) is 20.8 Å². The molecule has 0 radical (unpaired) electrons. The van der Waals surface area contributed by atoms with E-state index in [1.54, 1.807) is 12.3 Å². The summed E-state index contributed by atoms with van der Waals surface area (Å²) >= 11 is 9.20. The van der Waals surface area contributed by atoms with Crippen LogP contribution < -0.4 is 0 Å². The molecule has 1 rings (SSSR count). The van der Waals surface area contributed by atoms with Crippen LogP contribution in [0.5, 0.6) is 0 Å². The summed E-state index contributed by atoms with van der Waals surface area (Å²) in [5.74, 6) is 0. The number of pyridine rings is 1. The number of rotatable bonds is 1. The molecule has 0 spiro atoms. The van der Waals surface area contributed by atoms with E-state index in [0.717, 1.165) is 4.47 Å². The predicted octanol–water partition coefficient (Wildman–Crippen LogP) is 3.58. The van der Waals surface area contributed by atoms with Gasteiger partial charge >= 0.3 is 0 Å². The van der Waals surface area contributed by atoms with Gasteiger partial charge < -0.3 is 5.11 Å². The van der Waals surface area contributed by atoms with E-state index in [0.29, 0.717) is 10.7 Å². The topological polar surface area (TPSA) is 33.1 Å². The van der Waals surface area contributed by atoms with Crippen LogP contribution in [0.4, 0.5) is 0 Å². The van der Waals surface area contributed by atoms with Crippen molar-refractivity contribution in [3.63, 3.8) is 0 Å². The maximum Gasteiger partial charge on any atom is 0.134 e. The van der Waals surface area contributed by atoms with Gasteiger partial charge in [-0.2, -0.15) is 0 Å². The van der Waals surface area contributed by atoms with Crippen molar-refractivity contribution >= 4 is 27.5 Å². The minimum Gasteiger partial charge on any atom is -0.388 e. The standard InChI is InChI=1S/C10H13BrClNO/c1-10(2,3)8(14)7-4-6(11)5-13-9(7)12/h4-5,8,14H,1-3H3. The van der Waals surface area contributed by atoms with E-state index in [-0.39, 0.29) is 5.41 Å². The van der Waals surface area contributed by atoms with Crippen molar-refractivity contribution in [1.29, 1.82) is 0 Å². The van der Waals surface area contributed by atoms with Crippen LogP contribution in [0.1, 0.15) is 32.4 Å². The monoisotopic (exact) mass is 277 g/mol. The molecule has 4 heteroatoms. The molecule has 0 saturated carbocycles. The summed E-state index contributed by atoms with van der Waals surface area (Å²) in [6.07, 6.45) is 1.00. The number of aliphatic hydroxyl groups excluding tert-OH is 1. The maximum absolute atomic E-state index is 10.0. The smallest absolute Gasteiger partial charge is 0.134 e. The van der Waals surface area contributed by atoms with Gasteiger partial charge in [-0.15, -0.1) is 0 Å². The molecule has 1 aromatic heterocycles. The van der Waals surface area contributed by atoms with Crippen LogP contribution in [0.2, 0.25) is 5.15 Å². The lowest BCUT2D eigenvalue weighted by Gasteiger charge is -2.26. The third-order valence-corrected chi connectivity index (χ3v) is 2.70. The largest absolute Gasteiger partial charge is 0.388 e. The highest BCUT2D eigenvalue weighted by Gasteiger charge is 2.26. The first-order chi connectivity index (χ1) is 6.32. The van der Waals surface area contributed by atoms with Gasteiger partial charge in [0.1, 0.15) is 5.15 Å². The molecule has 0 aliphatic heterocycles. The molecular formula is C10H13BrClNO. The molecule has 0 saturated heterocycles. The minimum atomic E-state index is -0.611. The third kappa shape index (κ3) is 2.69. The molecule has 0 bridgehead atoms. The number of halogens is 2. The average Bonchev–Trinajstić information content (AvgIpc) is 2.06. The second-order valence-electron chi connectivity index (χ2n) is 4.30. The Balaban J connectivity index is 3.12. The molecule has 1 atom stereocenters. The van der Waals surface area contributed by atoms with Gasteiger partial charge in [0, 0.05) is 16.2 Å². The summed E-state index contributed by atoms with van der Waals surface area (Å²) in [5.41, 5.74) is 0.417. The zero-order valence-corrected chi connectivity index (χ0v) is 10.7. The molecular weight excluding hydrogens is 265 g/mol. The van der Waals surface area contributed by atoms with E-state index in [1.165, 1.54) is 0 Å². The van der Waals surface area contributed by atoms with E-state index < -0.39 is 6.10 Å². The third-order valence-electron chi connectivity index (χ3n) is 1.95. The second kappa shape index (κ2) is 4.17. The fourth-order valence-corrected chi connectivity index (χ4v) is 1.65. The molecule has 0 aliphatic carbocycles. The summed E-state index contributed by atoms with van der Waals surface area (Å²) in [5, 5.41) is 10.4. The fraction of sp³-hybridized carbons (Fsp3) is 0.500. The van der Waals surface area contributed by atoms with Crippen molar-refractivity contribution in [3.8, 4) is 0 Å². The zero-order chi connectivity index (χ0) is 10.9.